The molecule has 1 atom stereocenters. The first-order valence-electron chi connectivity index (χ1n) is 5.82. The third kappa shape index (κ3) is 1.92. The van der Waals surface area contributed by atoms with Crippen LogP contribution in [0, 0.1) is 5.92 Å². The van der Waals surface area contributed by atoms with Crippen molar-refractivity contribution in [2.24, 2.45) is 10.9 Å². The summed E-state index contributed by atoms with van der Waals surface area (Å²) >= 11 is 0. The standard InChI is InChI=1S/C14H17NO/c1-4-5-11-8-13(16)12-7-9(2)6-10(3)14(12)15-11/h6-8,12H,4-5H2,1-3H3. The van der Waals surface area contributed by atoms with Crippen LogP contribution in [0.15, 0.2) is 40.1 Å². The van der Waals surface area contributed by atoms with Gasteiger partial charge in [-0.05, 0) is 25.8 Å². The molecule has 0 aromatic carbocycles. The monoisotopic (exact) mass is 215 g/mol. The molecule has 0 amide bonds. The first-order valence-corrected chi connectivity index (χ1v) is 5.82. The minimum absolute atomic E-state index is 0.134. The molecule has 0 spiro atoms. The van der Waals surface area contributed by atoms with Crippen molar-refractivity contribution in [1.29, 1.82) is 0 Å². The maximum atomic E-state index is 12.0. The van der Waals surface area contributed by atoms with Crippen molar-refractivity contribution < 1.29 is 4.79 Å². The summed E-state index contributed by atoms with van der Waals surface area (Å²) in [5, 5.41) is 0. The molecule has 84 valence electrons. The van der Waals surface area contributed by atoms with Crippen LogP contribution < -0.4 is 0 Å². The Kier molecular flexibility index (Phi) is 2.90. The van der Waals surface area contributed by atoms with Crippen LogP contribution in [-0.2, 0) is 4.79 Å². The largest absolute Gasteiger partial charge is 0.294 e. The van der Waals surface area contributed by atoms with Crippen molar-refractivity contribution in [2.45, 2.75) is 33.6 Å². The highest BCUT2D eigenvalue weighted by Crippen LogP contribution is 2.27. The molecule has 1 aliphatic heterocycles. The number of allylic oxidation sites excluding steroid dienone is 6. The Labute approximate surface area is 96.5 Å². The van der Waals surface area contributed by atoms with E-state index in [0.29, 0.717) is 0 Å². The summed E-state index contributed by atoms with van der Waals surface area (Å²) in [6.45, 7) is 6.16. The molecule has 0 N–H and O–H groups in total. The van der Waals surface area contributed by atoms with Crippen LogP contribution in [-0.4, -0.2) is 11.5 Å². The number of hydrogen-bond donors (Lipinski definition) is 0. The molecule has 2 rings (SSSR count). The number of ketones is 1. The average molecular weight is 215 g/mol. The lowest BCUT2D eigenvalue weighted by molar-refractivity contribution is -0.115. The molecule has 0 radical (unpaired) electrons. The summed E-state index contributed by atoms with van der Waals surface area (Å²) in [4.78, 5) is 16.6. The van der Waals surface area contributed by atoms with E-state index in [2.05, 4.69) is 18.0 Å². The van der Waals surface area contributed by atoms with Gasteiger partial charge in [0.05, 0.1) is 11.6 Å². The van der Waals surface area contributed by atoms with E-state index in [1.807, 2.05) is 19.9 Å². The molecule has 0 bridgehead atoms. The topological polar surface area (TPSA) is 29.4 Å². The van der Waals surface area contributed by atoms with Crippen LogP contribution in [0.5, 0.6) is 0 Å². The number of nitrogens with zero attached hydrogens (tertiary/aromatic N) is 1. The van der Waals surface area contributed by atoms with Gasteiger partial charge in [-0.3, -0.25) is 9.79 Å². The summed E-state index contributed by atoms with van der Waals surface area (Å²) in [7, 11) is 0. The van der Waals surface area contributed by atoms with Crippen LogP contribution in [0.2, 0.25) is 0 Å². The number of carbonyl (C=O) groups excluding carboxylic acids is 1. The Bertz CT molecular complexity index is 449. The van der Waals surface area contributed by atoms with E-state index in [4.69, 9.17) is 0 Å². The Hall–Kier alpha value is -1.44. The molecule has 0 aromatic rings. The second kappa shape index (κ2) is 4.20. The van der Waals surface area contributed by atoms with Gasteiger partial charge in [-0.2, -0.15) is 0 Å². The van der Waals surface area contributed by atoms with Crippen LogP contribution in [0.3, 0.4) is 0 Å². The summed E-state index contributed by atoms with van der Waals surface area (Å²) in [6.07, 6.45) is 7.72. The molecule has 16 heavy (non-hydrogen) atoms. The molecule has 0 fully saturated rings. The summed E-state index contributed by atoms with van der Waals surface area (Å²) in [6, 6.07) is 0. The quantitative estimate of drug-likeness (QED) is 0.695. The lowest BCUT2D eigenvalue weighted by Crippen LogP contribution is -2.27. The van der Waals surface area contributed by atoms with Gasteiger partial charge in [-0.25, -0.2) is 0 Å². The molecular weight excluding hydrogens is 198 g/mol. The van der Waals surface area contributed by atoms with Crippen molar-refractivity contribution in [1.82, 2.24) is 0 Å². The van der Waals surface area contributed by atoms with Crippen LogP contribution in [0.25, 0.3) is 0 Å². The molecule has 0 aromatic heterocycles. The minimum atomic E-state index is -0.134. The van der Waals surface area contributed by atoms with Gasteiger partial charge >= 0.3 is 0 Å². The van der Waals surface area contributed by atoms with E-state index in [0.717, 1.165) is 35.4 Å². The highest BCUT2D eigenvalue weighted by Gasteiger charge is 2.28. The van der Waals surface area contributed by atoms with E-state index in [-0.39, 0.29) is 11.7 Å². The smallest absolute Gasteiger partial charge is 0.170 e. The number of rotatable bonds is 2. The van der Waals surface area contributed by atoms with E-state index in [9.17, 15) is 4.79 Å². The molecule has 0 saturated carbocycles. The Morgan fingerprint density at radius 1 is 1.31 bits per heavy atom. The minimum Gasteiger partial charge on any atom is -0.294 e. The summed E-state index contributed by atoms with van der Waals surface area (Å²) < 4.78 is 0. The van der Waals surface area contributed by atoms with Gasteiger partial charge in [-0.15, -0.1) is 0 Å². The van der Waals surface area contributed by atoms with Gasteiger partial charge < -0.3 is 0 Å². The van der Waals surface area contributed by atoms with Crippen molar-refractivity contribution in [3.8, 4) is 0 Å². The lowest BCUT2D eigenvalue weighted by atomic mass is 9.84. The summed E-state index contributed by atoms with van der Waals surface area (Å²) in [5.74, 6) is 0.0471. The van der Waals surface area contributed by atoms with Gasteiger partial charge in [0.25, 0.3) is 0 Å². The first kappa shape index (κ1) is 11.1. The third-order valence-corrected chi connectivity index (χ3v) is 2.96. The maximum Gasteiger partial charge on any atom is 0.170 e. The lowest BCUT2D eigenvalue weighted by Gasteiger charge is -2.23. The van der Waals surface area contributed by atoms with E-state index in [1.165, 1.54) is 0 Å². The third-order valence-electron chi connectivity index (χ3n) is 2.96. The zero-order chi connectivity index (χ0) is 11.7. The molecule has 1 aliphatic carbocycles. The fourth-order valence-corrected chi connectivity index (χ4v) is 2.25. The van der Waals surface area contributed by atoms with Gasteiger partial charge in [0.2, 0.25) is 0 Å². The van der Waals surface area contributed by atoms with Crippen molar-refractivity contribution in [3.05, 3.63) is 35.1 Å². The number of aliphatic imine (C=N–C) groups is 1. The Morgan fingerprint density at radius 2 is 2.06 bits per heavy atom. The fraction of sp³-hybridized carbons (Fsp3) is 0.429. The van der Waals surface area contributed by atoms with Crippen LogP contribution in [0.4, 0.5) is 0 Å². The molecule has 1 heterocycles. The van der Waals surface area contributed by atoms with E-state index >= 15 is 0 Å². The molecule has 2 nitrogen and oxygen atoms in total. The first-order chi connectivity index (χ1) is 7.61. The van der Waals surface area contributed by atoms with Gasteiger partial charge in [0, 0.05) is 11.8 Å². The van der Waals surface area contributed by atoms with E-state index in [1.54, 1.807) is 6.08 Å². The van der Waals surface area contributed by atoms with Crippen molar-refractivity contribution in [3.63, 3.8) is 0 Å². The van der Waals surface area contributed by atoms with Crippen LogP contribution in [0.1, 0.15) is 33.6 Å². The van der Waals surface area contributed by atoms with Gasteiger partial charge in [-0.1, -0.05) is 31.1 Å². The second-order valence-electron chi connectivity index (χ2n) is 4.50. The fourth-order valence-electron chi connectivity index (χ4n) is 2.25. The average Bonchev–Trinajstić information content (AvgIpc) is 2.20. The molecular formula is C14H17NO. The van der Waals surface area contributed by atoms with Gasteiger partial charge in [0.15, 0.2) is 5.78 Å². The van der Waals surface area contributed by atoms with Gasteiger partial charge in [0.1, 0.15) is 0 Å². The van der Waals surface area contributed by atoms with Crippen LogP contribution >= 0.6 is 0 Å². The number of fused-ring (bicyclic) bond motifs is 1. The highest BCUT2D eigenvalue weighted by atomic mass is 16.1. The summed E-state index contributed by atoms with van der Waals surface area (Å²) in [5.41, 5.74) is 4.16. The highest BCUT2D eigenvalue weighted by molar-refractivity contribution is 6.20. The number of carbonyl (C=O) groups is 1. The molecule has 2 heteroatoms. The maximum absolute atomic E-state index is 12.0. The number of hydrogen-bond acceptors (Lipinski definition) is 2. The van der Waals surface area contributed by atoms with E-state index < -0.39 is 0 Å². The predicted molar refractivity (Wildman–Crippen MR) is 66.4 cm³/mol. The zero-order valence-corrected chi connectivity index (χ0v) is 10.1. The molecule has 0 saturated heterocycles. The predicted octanol–water partition coefficient (Wildman–Crippen LogP) is 3.22. The Balaban J connectivity index is 2.38. The molecule has 1 unspecified atom stereocenters. The second-order valence-corrected chi connectivity index (χ2v) is 4.50. The normalized spacial score (nSPS) is 24.2. The molecule has 2 aliphatic rings. The zero-order valence-electron chi connectivity index (χ0n) is 10.1. The van der Waals surface area contributed by atoms with Crippen molar-refractivity contribution >= 4 is 11.5 Å². The SMILES string of the molecule is CCCC1=CC(=O)C2C=C(C)C=C(C)C2=N1. The Morgan fingerprint density at radius 3 is 2.75 bits per heavy atom. The van der Waals surface area contributed by atoms with Crippen molar-refractivity contribution in [2.75, 3.05) is 0 Å².